The van der Waals surface area contributed by atoms with Crippen LogP contribution in [0, 0.1) is 5.41 Å². The summed E-state index contributed by atoms with van der Waals surface area (Å²) in [5.74, 6) is 0. The van der Waals surface area contributed by atoms with Crippen molar-refractivity contribution in [2.24, 2.45) is 5.10 Å². The van der Waals surface area contributed by atoms with Gasteiger partial charge in [-0.3, -0.25) is 5.43 Å². The van der Waals surface area contributed by atoms with E-state index in [1.807, 2.05) is 54.6 Å². The molecule has 0 saturated heterocycles. The Morgan fingerprint density at radius 1 is 0.909 bits per heavy atom. The van der Waals surface area contributed by atoms with Crippen molar-refractivity contribution < 1.29 is 0 Å². The van der Waals surface area contributed by atoms with Crippen LogP contribution in [0.15, 0.2) is 83.5 Å². The number of hydrogen-bond donors (Lipinski definition) is 2. The van der Waals surface area contributed by atoms with Crippen molar-refractivity contribution in [2.75, 3.05) is 5.43 Å². The predicted octanol–water partition coefficient (Wildman–Crippen LogP) is 4.52. The summed E-state index contributed by atoms with van der Waals surface area (Å²) < 4.78 is 0. The molecule has 0 atom stereocenters. The molecule has 0 fully saturated rings. The Balaban J connectivity index is 1.88. The van der Waals surface area contributed by atoms with E-state index in [0.29, 0.717) is 12.1 Å². The Morgan fingerprint density at radius 2 is 1.59 bits per heavy atom. The summed E-state index contributed by atoms with van der Waals surface area (Å²) in [6.45, 7) is 0. The molecule has 0 amide bonds. The average molecular weight is 287 g/mol. The fraction of sp³-hybridized carbons (Fsp3) is 0.0526. The summed E-state index contributed by atoms with van der Waals surface area (Å²) in [6.07, 6.45) is 6.37. The highest BCUT2D eigenvalue weighted by Gasteiger charge is 2.12. The van der Waals surface area contributed by atoms with Gasteiger partial charge in [0.25, 0.3) is 0 Å². The van der Waals surface area contributed by atoms with E-state index in [9.17, 15) is 0 Å². The van der Waals surface area contributed by atoms with Gasteiger partial charge in [-0.25, -0.2) is 0 Å². The van der Waals surface area contributed by atoms with E-state index in [1.165, 1.54) is 0 Å². The van der Waals surface area contributed by atoms with Crippen LogP contribution in [0.3, 0.4) is 0 Å². The summed E-state index contributed by atoms with van der Waals surface area (Å²) in [4.78, 5) is 0. The predicted molar refractivity (Wildman–Crippen MR) is 93.4 cm³/mol. The number of benzene rings is 2. The van der Waals surface area contributed by atoms with E-state index in [4.69, 9.17) is 5.41 Å². The van der Waals surface area contributed by atoms with E-state index < -0.39 is 0 Å². The molecule has 2 N–H and O–H groups in total. The lowest BCUT2D eigenvalue weighted by molar-refractivity contribution is 1.28. The third-order valence-electron chi connectivity index (χ3n) is 3.37. The maximum atomic E-state index is 7.87. The number of rotatable bonds is 3. The summed E-state index contributed by atoms with van der Waals surface area (Å²) in [7, 11) is 0. The smallest absolute Gasteiger partial charge is 0.0870 e. The van der Waals surface area contributed by atoms with Crippen LogP contribution >= 0.6 is 0 Å². The number of nitrogens with zero attached hydrogens (tertiary/aromatic N) is 1. The highest BCUT2D eigenvalue weighted by molar-refractivity contribution is 6.20. The van der Waals surface area contributed by atoms with Crippen molar-refractivity contribution in [3.05, 3.63) is 84.0 Å². The molecule has 3 nitrogen and oxygen atoms in total. The lowest BCUT2D eigenvalue weighted by Crippen LogP contribution is -2.12. The second-order valence-corrected chi connectivity index (χ2v) is 5.09. The van der Waals surface area contributed by atoms with Gasteiger partial charge in [-0.15, -0.1) is 0 Å². The highest BCUT2D eigenvalue weighted by atomic mass is 15.3. The molecule has 2 aromatic carbocycles. The van der Waals surface area contributed by atoms with Crippen molar-refractivity contribution in [3.63, 3.8) is 0 Å². The monoisotopic (exact) mass is 287 g/mol. The van der Waals surface area contributed by atoms with Gasteiger partial charge in [0, 0.05) is 12.1 Å². The van der Waals surface area contributed by atoms with E-state index in [0.717, 1.165) is 22.5 Å². The highest BCUT2D eigenvalue weighted by Crippen LogP contribution is 2.18. The number of allylic oxidation sites excluding steroid dienone is 3. The number of hydrogen-bond acceptors (Lipinski definition) is 3. The topological polar surface area (TPSA) is 48.2 Å². The third-order valence-corrected chi connectivity index (χ3v) is 3.37. The maximum Gasteiger partial charge on any atom is 0.0870 e. The first-order chi connectivity index (χ1) is 10.8. The van der Waals surface area contributed by atoms with Crippen molar-refractivity contribution in [1.82, 2.24) is 0 Å². The number of anilines is 1. The lowest BCUT2D eigenvalue weighted by atomic mass is 9.95. The summed E-state index contributed by atoms with van der Waals surface area (Å²) >= 11 is 0. The van der Waals surface area contributed by atoms with Crippen LogP contribution in [-0.2, 0) is 0 Å². The first kappa shape index (κ1) is 14.0. The largest absolute Gasteiger partial charge is 0.305 e. The normalized spacial score (nSPS) is 17.9. The molecule has 108 valence electrons. The van der Waals surface area contributed by atoms with Crippen molar-refractivity contribution in [2.45, 2.75) is 6.42 Å². The third kappa shape index (κ3) is 3.58. The van der Waals surface area contributed by atoms with Gasteiger partial charge in [0.2, 0.25) is 0 Å². The minimum absolute atomic E-state index is 0.598. The van der Waals surface area contributed by atoms with Gasteiger partial charge in [-0.2, -0.15) is 5.10 Å². The van der Waals surface area contributed by atoms with Crippen LogP contribution in [0.25, 0.3) is 6.08 Å². The number of para-hydroxylation sites is 1. The Labute approximate surface area is 130 Å². The van der Waals surface area contributed by atoms with E-state index in [2.05, 4.69) is 28.7 Å². The first-order valence-electron chi connectivity index (χ1n) is 7.21. The molecular formula is C19H17N3. The summed E-state index contributed by atoms with van der Waals surface area (Å²) in [5, 5.41) is 12.3. The minimum Gasteiger partial charge on any atom is -0.305 e. The van der Waals surface area contributed by atoms with E-state index in [-0.39, 0.29) is 0 Å². The number of nitrogens with one attached hydrogen (secondary N) is 2. The molecule has 0 radical (unpaired) electrons. The van der Waals surface area contributed by atoms with Crippen LogP contribution in [-0.4, -0.2) is 11.4 Å². The van der Waals surface area contributed by atoms with Crippen LogP contribution in [0.4, 0.5) is 5.69 Å². The Bertz CT molecular complexity index is 741. The SMILES string of the molecule is N=C1C=CC(=NNc2ccccc2)C(=Cc2ccccc2)C1. The van der Waals surface area contributed by atoms with Crippen molar-refractivity contribution in [3.8, 4) is 0 Å². The van der Waals surface area contributed by atoms with Gasteiger partial charge < -0.3 is 5.41 Å². The molecule has 0 unspecified atom stereocenters. The molecular weight excluding hydrogens is 270 g/mol. The van der Waals surface area contributed by atoms with Gasteiger partial charge in [-0.1, -0.05) is 48.5 Å². The molecule has 3 heteroatoms. The van der Waals surface area contributed by atoms with Gasteiger partial charge in [0.1, 0.15) is 0 Å². The second kappa shape index (κ2) is 6.68. The van der Waals surface area contributed by atoms with Gasteiger partial charge >= 0.3 is 0 Å². The molecule has 1 aliphatic rings. The van der Waals surface area contributed by atoms with E-state index in [1.54, 1.807) is 6.08 Å². The molecule has 22 heavy (non-hydrogen) atoms. The maximum absolute atomic E-state index is 7.87. The fourth-order valence-electron chi connectivity index (χ4n) is 2.26. The quantitative estimate of drug-likeness (QED) is 0.801. The molecule has 0 heterocycles. The minimum atomic E-state index is 0.598. The van der Waals surface area contributed by atoms with Gasteiger partial charge in [0.15, 0.2) is 0 Å². The van der Waals surface area contributed by atoms with E-state index >= 15 is 0 Å². The average Bonchev–Trinajstić information content (AvgIpc) is 2.56. The van der Waals surface area contributed by atoms with Gasteiger partial charge in [0.05, 0.1) is 11.4 Å². The zero-order chi connectivity index (χ0) is 15.2. The standard InChI is InChI=1S/C19H17N3/c20-17-11-12-19(22-21-18-9-5-2-6-10-18)16(14-17)13-15-7-3-1-4-8-15/h1-13,20-21H,14H2. The molecule has 0 aliphatic heterocycles. The zero-order valence-electron chi connectivity index (χ0n) is 12.2. The molecule has 0 spiro atoms. The summed E-state index contributed by atoms with van der Waals surface area (Å²) in [6, 6.07) is 20.0. The molecule has 0 saturated carbocycles. The molecule has 0 aromatic heterocycles. The van der Waals surface area contributed by atoms with Crippen molar-refractivity contribution in [1.29, 1.82) is 5.41 Å². The van der Waals surface area contributed by atoms with Gasteiger partial charge in [-0.05, 0) is 41.5 Å². The van der Waals surface area contributed by atoms with Crippen molar-refractivity contribution >= 4 is 23.2 Å². The summed E-state index contributed by atoms with van der Waals surface area (Å²) in [5.41, 5.74) is 7.64. The lowest BCUT2D eigenvalue weighted by Gasteiger charge is -2.13. The Hall–Kier alpha value is -2.94. The Morgan fingerprint density at radius 3 is 2.32 bits per heavy atom. The molecule has 3 rings (SSSR count). The van der Waals surface area contributed by atoms with Crippen LogP contribution in [0.1, 0.15) is 12.0 Å². The molecule has 1 aliphatic carbocycles. The second-order valence-electron chi connectivity index (χ2n) is 5.09. The van der Waals surface area contributed by atoms with Crippen LogP contribution in [0.5, 0.6) is 0 Å². The van der Waals surface area contributed by atoms with Crippen LogP contribution in [0.2, 0.25) is 0 Å². The van der Waals surface area contributed by atoms with Crippen LogP contribution < -0.4 is 5.43 Å². The molecule has 0 bridgehead atoms. The molecule has 2 aromatic rings. The first-order valence-corrected chi connectivity index (χ1v) is 7.21. The zero-order valence-corrected chi connectivity index (χ0v) is 12.2. The number of hydrazone groups is 1. The fourth-order valence-corrected chi connectivity index (χ4v) is 2.26. The Kier molecular flexibility index (Phi) is 4.25.